The normalized spacial score (nSPS) is 15.8. The van der Waals surface area contributed by atoms with Crippen LogP contribution in [-0.4, -0.2) is 35.5 Å². The molecule has 4 nitrogen and oxygen atoms in total. The smallest absolute Gasteiger partial charge is 0.410 e. The molecule has 0 saturated heterocycles. The maximum absolute atomic E-state index is 11.7. The molecule has 0 aliphatic heterocycles. The first-order chi connectivity index (χ1) is 7.33. The van der Waals surface area contributed by atoms with Gasteiger partial charge < -0.3 is 9.64 Å². The summed E-state index contributed by atoms with van der Waals surface area (Å²) in [4.78, 5) is 24.8. The van der Waals surface area contributed by atoms with Crippen LogP contribution in [0.25, 0.3) is 0 Å². The Bertz CT molecular complexity index is 276. The number of likely N-dealkylation sites (N-methyl/N-ethyl adjacent to an activating group) is 1. The van der Waals surface area contributed by atoms with Gasteiger partial charge >= 0.3 is 6.09 Å². The van der Waals surface area contributed by atoms with E-state index in [-0.39, 0.29) is 18.2 Å². The van der Waals surface area contributed by atoms with Crippen molar-refractivity contribution in [3.05, 3.63) is 0 Å². The van der Waals surface area contributed by atoms with Gasteiger partial charge in [0, 0.05) is 12.5 Å². The van der Waals surface area contributed by atoms with Gasteiger partial charge in [0.1, 0.15) is 5.60 Å². The minimum Gasteiger partial charge on any atom is -0.444 e. The first-order valence-electron chi connectivity index (χ1n) is 5.84. The van der Waals surface area contributed by atoms with Gasteiger partial charge in [-0.15, -0.1) is 0 Å². The third-order valence-corrected chi connectivity index (χ3v) is 2.41. The summed E-state index contributed by atoms with van der Waals surface area (Å²) in [6, 6.07) is 0. The van der Waals surface area contributed by atoms with Crippen LogP contribution in [0.2, 0.25) is 0 Å². The Balaban J connectivity index is 2.46. The van der Waals surface area contributed by atoms with Crippen molar-refractivity contribution in [1.82, 2.24) is 4.90 Å². The Morgan fingerprint density at radius 3 is 2.25 bits per heavy atom. The Morgan fingerprint density at radius 2 is 1.88 bits per heavy atom. The maximum atomic E-state index is 11.7. The standard InChI is InChI=1S/C12H21NO3/c1-5-13(8-10(14)9-6-7-9)11(15)16-12(2,3)4/h9H,5-8H2,1-4H3. The second-order valence-corrected chi connectivity index (χ2v) is 5.24. The molecule has 1 aliphatic carbocycles. The average Bonchev–Trinajstić information content (AvgIpc) is 2.93. The summed E-state index contributed by atoms with van der Waals surface area (Å²) in [6.07, 6.45) is 1.55. The van der Waals surface area contributed by atoms with Crippen LogP contribution in [0, 0.1) is 5.92 Å². The Labute approximate surface area is 96.9 Å². The number of nitrogens with zero attached hydrogens (tertiary/aromatic N) is 1. The van der Waals surface area contributed by atoms with Crippen molar-refractivity contribution in [3.8, 4) is 0 Å². The number of Topliss-reactive ketones (excluding diaryl/α,β-unsaturated/α-hetero) is 1. The Hall–Kier alpha value is -1.06. The van der Waals surface area contributed by atoms with Crippen LogP contribution in [0.1, 0.15) is 40.5 Å². The molecule has 0 unspecified atom stereocenters. The van der Waals surface area contributed by atoms with Crippen molar-refractivity contribution in [3.63, 3.8) is 0 Å². The first-order valence-corrected chi connectivity index (χ1v) is 5.84. The zero-order valence-electron chi connectivity index (χ0n) is 10.6. The maximum Gasteiger partial charge on any atom is 0.410 e. The molecule has 0 aromatic rings. The van der Waals surface area contributed by atoms with Crippen LogP contribution in [0.4, 0.5) is 4.79 Å². The topological polar surface area (TPSA) is 46.6 Å². The SMILES string of the molecule is CCN(CC(=O)C1CC1)C(=O)OC(C)(C)C. The van der Waals surface area contributed by atoms with Gasteiger partial charge in [0.2, 0.25) is 0 Å². The lowest BCUT2D eigenvalue weighted by molar-refractivity contribution is -0.121. The third-order valence-electron chi connectivity index (χ3n) is 2.41. The van der Waals surface area contributed by atoms with E-state index >= 15 is 0 Å². The number of hydrogen-bond acceptors (Lipinski definition) is 3. The minimum absolute atomic E-state index is 0.160. The molecule has 1 aliphatic rings. The summed E-state index contributed by atoms with van der Waals surface area (Å²) in [5.74, 6) is 0.351. The predicted octanol–water partition coefficient (Wildman–Crippen LogP) is 2.22. The summed E-state index contributed by atoms with van der Waals surface area (Å²) in [6.45, 7) is 8.01. The molecule has 0 bridgehead atoms. The van der Waals surface area contributed by atoms with E-state index in [1.54, 1.807) is 0 Å². The highest BCUT2D eigenvalue weighted by Gasteiger charge is 2.32. The molecule has 0 N–H and O–H groups in total. The van der Waals surface area contributed by atoms with Crippen molar-refractivity contribution in [1.29, 1.82) is 0 Å². The Kier molecular flexibility index (Phi) is 3.94. The summed E-state index contributed by atoms with van der Waals surface area (Å²) >= 11 is 0. The third kappa shape index (κ3) is 4.21. The van der Waals surface area contributed by atoms with Crippen LogP contribution < -0.4 is 0 Å². The summed E-state index contributed by atoms with van der Waals surface area (Å²) in [5.41, 5.74) is -0.507. The van der Waals surface area contributed by atoms with Crippen molar-refractivity contribution < 1.29 is 14.3 Å². The lowest BCUT2D eigenvalue weighted by atomic mass is 10.2. The second-order valence-electron chi connectivity index (χ2n) is 5.24. The molecular weight excluding hydrogens is 206 g/mol. The van der Waals surface area contributed by atoms with Crippen molar-refractivity contribution >= 4 is 11.9 Å². The number of ketones is 1. The lowest BCUT2D eigenvalue weighted by Gasteiger charge is -2.26. The van der Waals surface area contributed by atoms with Crippen LogP contribution in [0.15, 0.2) is 0 Å². The van der Waals surface area contributed by atoms with Crippen molar-refractivity contribution in [2.75, 3.05) is 13.1 Å². The lowest BCUT2D eigenvalue weighted by Crippen LogP contribution is -2.40. The molecule has 92 valence electrons. The highest BCUT2D eigenvalue weighted by molar-refractivity contribution is 5.87. The highest BCUT2D eigenvalue weighted by atomic mass is 16.6. The van der Waals surface area contributed by atoms with Gasteiger partial charge in [-0.05, 0) is 40.5 Å². The molecule has 0 radical (unpaired) electrons. The van der Waals surface area contributed by atoms with E-state index in [2.05, 4.69) is 0 Å². The van der Waals surface area contributed by atoms with E-state index < -0.39 is 11.7 Å². The zero-order valence-corrected chi connectivity index (χ0v) is 10.6. The summed E-state index contributed by atoms with van der Waals surface area (Å²) in [5, 5.41) is 0. The van der Waals surface area contributed by atoms with Gasteiger partial charge in [-0.3, -0.25) is 4.79 Å². The molecule has 0 atom stereocenters. The zero-order chi connectivity index (χ0) is 12.3. The van der Waals surface area contributed by atoms with E-state index in [1.165, 1.54) is 4.90 Å². The van der Waals surface area contributed by atoms with Crippen molar-refractivity contribution in [2.24, 2.45) is 5.92 Å². The quantitative estimate of drug-likeness (QED) is 0.739. The van der Waals surface area contributed by atoms with Crippen LogP contribution in [0.3, 0.4) is 0 Å². The number of ether oxygens (including phenoxy) is 1. The second kappa shape index (κ2) is 4.85. The number of amides is 1. The highest BCUT2D eigenvalue weighted by Crippen LogP contribution is 2.30. The van der Waals surface area contributed by atoms with Gasteiger partial charge in [-0.2, -0.15) is 0 Å². The van der Waals surface area contributed by atoms with E-state index in [1.807, 2.05) is 27.7 Å². The molecule has 1 rings (SSSR count). The molecule has 0 heterocycles. The fraction of sp³-hybridized carbons (Fsp3) is 0.833. The van der Waals surface area contributed by atoms with Gasteiger partial charge in [0.15, 0.2) is 5.78 Å². The minimum atomic E-state index is -0.507. The monoisotopic (exact) mass is 227 g/mol. The number of hydrogen-bond donors (Lipinski definition) is 0. The average molecular weight is 227 g/mol. The van der Waals surface area contributed by atoms with Crippen molar-refractivity contribution in [2.45, 2.75) is 46.1 Å². The molecule has 0 aromatic carbocycles. The number of carbonyl (C=O) groups is 2. The molecule has 0 spiro atoms. The molecule has 1 saturated carbocycles. The molecule has 1 fully saturated rings. The summed E-state index contributed by atoms with van der Waals surface area (Å²) in [7, 11) is 0. The number of rotatable bonds is 4. The first kappa shape index (κ1) is 13.0. The molecule has 1 amide bonds. The molecule has 4 heteroatoms. The van der Waals surface area contributed by atoms with Gasteiger partial charge in [0.25, 0.3) is 0 Å². The molecular formula is C12H21NO3. The fourth-order valence-corrected chi connectivity index (χ4v) is 1.35. The number of carbonyl (C=O) groups excluding carboxylic acids is 2. The van der Waals surface area contributed by atoms with Gasteiger partial charge in [0.05, 0.1) is 6.54 Å². The van der Waals surface area contributed by atoms with E-state index in [0.29, 0.717) is 6.54 Å². The Morgan fingerprint density at radius 1 is 1.31 bits per heavy atom. The largest absolute Gasteiger partial charge is 0.444 e. The predicted molar refractivity (Wildman–Crippen MR) is 61.2 cm³/mol. The van der Waals surface area contributed by atoms with Crippen LogP contribution in [-0.2, 0) is 9.53 Å². The van der Waals surface area contributed by atoms with Gasteiger partial charge in [-0.25, -0.2) is 4.79 Å². The molecule has 0 aromatic heterocycles. The van der Waals surface area contributed by atoms with Crippen LogP contribution >= 0.6 is 0 Å². The van der Waals surface area contributed by atoms with Crippen LogP contribution in [0.5, 0.6) is 0 Å². The fourth-order valence-electron chi connectivity index (χ4n) is 1.35. The summed E-state index contributed by atoms with van der Waals surface area (Å²) < 4.78 is 5.23. The van der Waals surface area contributed by atoms with E-state index in [4.69, 9.17) is 4.74 Å². The van der Waals surface area contributed by atoms with E-state index in [0.717, 1.165) is 12.8 Å². The molecule has 16 heavy (non-hydrogen) atoms. The van der Waals surface area contributed by atoms with Gasteiger partial charge in [-0.1, -0.05) is 0 Å². The van der Waals surface area contributed by atoms with E-state index in [9.17, 15) is 9.59 Å².